The molecule has 0 aliphatic carbocycles. The summed E-state index contributed by atoms with van der Waals surface area (Å²) >= 11 is 9.95. The highest BCUT2D eigenvalue weighted by Gasteiger charge is 2.26. The van der Waals surface area contributed by atoms with E-state index in [2.05, 4.69) is 63.3 Å². The van der Waals surface area contributed by atoms with Crippen LogP contribution in [0.25, 0.3) is 0 Å². The van der Waals surface area contributed by atoms with E-state index >= 15 is 0 Å². The molecule has 8 heteroatoms. The van der Waals surface area contributed by atoms with Crippen LogP contribution in [-0.2, 0) is 4.79 Å². The number of rotatable bonds is 2. The fourth-order valence-corrected chi connectivity index (χ4v) is 3.68. The Hall–Kier alpha value is -1.51. The van der Waals surface area contributed by atoms with Gasteiger partial charge in [-0.05, 0) is 46.3 Å². The van der Waals surface area contributed by atoms with Crippen molar-refractivity contribution in [3.8, 4) is 5.75 Å². The van der Waals surface area contributed by atoms with Crippen molar-refractivity contribution in [3.63, 3.8) is 0 Å². The molecule has 23 heavy (non-hydrogen) atoms. The van der Waals surface area contributed by atoms with Gasteiger partial charge in [-0.25, -0.2) is 0 Å². The van der Waals surface area contributed by atoms with Crippen molar-refractivity contribution in [1.82, 2.24) is 0 Å². The summed E-state index contributed by atoms with van der Waals surface area (Å²) in [4.78, 5) is 12.0. The summed E-state index contributed by atoms with van der Waals surface area (Å²) in [6.07, 6.45) is 1.39. The molecule has 1 aliphatic rings. The monoisotopic (exact) mass is 499 g/mol. The van der Waals surface area contributed by atoms with Gasteiger partial charge in [-0.15, -0.1) is 5.10 Å². The van der Waals surface area contributed by atoms with E-state index in [0.717, 1.165) is 8.95 Å². The highest BCUT2D eigenvalue weighted by atomic mass is 79.9. The molecule has 0 saturated carbocycles. The lowest BCUT2D eigenvalue weighted by Crippen LogP contribution is -2.13. The van der Waals surface area contributed by atoms with Crippen LogP contribution in [0.3, 0.4) is 0 Å². The largest absolute Gasteiger partial charge is 0.506 e. The van der Waals surface area contributed by atoms with Gasteiger partial charge >= 0.3 is 0 Å². The number of fused-ring (bicyclic) bond motifs is 1. The van der Waals surface area contributed by atoms with Crippen LogP contribution in [0.1, 0.15) is 11.1 Å². The van der Waals surface area contributed by atoms with E-state index in [9.17, 15) is 9.90 Å². The van der Waals surface area contributed by atoms with Gasteiger partial charge in [0, 0.05) is 20.1 Å². The highest BCUT2D eigenvalue weighted by Crippen LogP contribution is 2.31. The number of phenolic OH excluding ortho intramolecular Hbond substituents is 1. The molecule has 1 aliphatic heterocycles. The zero-order valence-electron chi connectivity index (χ0n) is 11.3. The summed E-state index contributed by atoms with van der Waals surface area (Å²) in [6.45, 7) is 0. The summed E-state index contributed by atoms with van der Waals surface area (Å²) in [7, 11) is 0. The topological polar surface area (TPSA) is 74.0 Å². The molecular weight excluding hydrogens is 494 g/mol. The normalized spacial score (nSPS) is 15.3. The Morgan fingerprint density at radius 3 is 2.65 bits per heavy atom. The number of anilines is 1. The van der Waals surface area contributed by atoms with E-state index in [1.807, 2.05) is 6.07 Å². The van der Waals surface area contributed by atoms with Crippen molar-refractivity contribution >= 4 is 71.3 Å². The van der Waals surface area contributed by atoms with Gasteiger partial charge in [0.25, 0.3) is 5.91 Å². The van der Waals surface area contributed by atoms with Crippen LogP contribution < -0.4 is 5.32 Å². The second-order valence-corrected chi connectivity index (χ2v) is 7.35. The number of halogens is 3. The minimum absolute atomic E-state index is 0.0520. The number of amides is 1. The molecule has 2 N–H and O–H groups in total. The second kappa shape index (κ2) is 6.54. The van der Waals surface area contributed by atoms with Crippen molar-refractivity contribution in [2.45, 2.75) is 0 Å². The van der Waals surface area contributed by atoms with E-state index in [1.165, 1.54) is 6.21 Å². The van der Waals surface area contributed by atoms with Gasteiger partial charge in [0.1, 0.15) is 5.75 Å². The van der Waals surface area contributed by atoms with Gasteiger partial charge in [0.15, 0.2) is 5.71 Å². The Balaban J connectivity index is 1.95. The minimum Gasteiger partial charge on any atom is -0.506 e. The molecular formula is C15H8Br3N3O2. The number of hydrogen-bond donors (Lipinski definition) is 2. The van der Waals surface area contributed by atoms with Gasteiger partial charge in [-0.3, -0.25) is 4.79 Å². The third kappa shape index (κ3) is 3.39. The average Bonchev–Trinajstić information content (AvgIpc) is 2.79. The summed E-state index contributed by atoms with van der Waals surface area (Å²) in [5, 5.41) is 20.6. The van der Waals surface area contributed by atoms with Crippen LogP contribution >= 0.6 is 47.8 Å². The number of carbonyl (C=O) groups is 1. The van der Waals surface area contributed by atoms with E-state index in [-0.39, 0.29) is 17.4 Å². The van der Waals surface area contributed by atoms with Crippen LogP contribution in [-0.4, -0.2) is 22.9 Å². The third-order valence-electron chi connectivity index (χ3n) is 3.11. The molecule has 0 aromatic heterocycles. The van der Waals surface area contributed by atoms with E-state index < -0.39 is 0 Å². The summed E-state index contributed by atoms with van der Waals surface area (Å²) in [5.41, 5.74) is 2.08. The lowest BCUT2D eigenvalue weighted by atomic mass is 10.1. The molecule has 5 nitrogen and oxygen atoms in total. The Morgan fingerprint density at radius 2 is 1.87 bits per heavy atom. The zero-order valence-corrected chi connectivity index (χ0v) is 16.1. The molecule has 0 atom stereocenters. The molecule has 0 spiro atoms. The fourth-order valence-electron chi connectivity index (χ4n) is 2.06. The first kappa shape index (κ1) is 16.4. The fraction of sp³-hybridized carbons (Fsp3) is 0. The minimum atomic E-state index is -0.310. The van der Waals surface area contributed by atoms with Gasteiger partial charge < -0.3 is 10.4 Å². The van der Waals surface area contributed by atoms with Crippen molar-refractivity contribution in [2.24, 2.45) is 10.2 Å². The maximum atomic E-state index is 12.0. The first-order valence-corrected chi connectivity index (χ1v) is 8.74. The molecule has 0 saturated heterocycles. The van der Waals surface area contributed by atoms with Crippen LogP contribution in [0.4, 0.5) is 5.69 Å². The Labute approximate surface area is 156 Å². The number of hydrogen-bond acceptors (Lipinski definition) is 4. The van der Waals surface area contributed by atoms with Gasteiger partial charge in [-0.1, -0.05) is 31.9 Å². The van der Waals surface area contributed by atoms with E-state index in [4.69, 9.17) is 0 Å². The number of nitrogens with one attached hydrogen (secondary N) is 1. The molecule has 3 rings (SSSR count). The van der Waals surface area contributed by atoms with E-state index in [1.54, 1.807) is 24.3 Å². The lowest BCUT2D eigenvalue weighted by molar-refractivity contribution is -0.110. The molecule has 116 valence electrons. The van der Waals surface area contributed by atoms with E-state index in [0.29, 0.717) is 21.3 Å². The number of aromatic hydroxyl groups is 1. The molecule has 2 aromatic rings. The second-order valence-electron chi connectivity index (χ2n) is 4.66. The maximum Gasteiger partial charge on any atom is 0.276 e. The van der Waals surface area contributed by atoms with Crippen LogP contribution in [0.15, 0.2) is 54.0 Å². The van der Waals surface area contributed by atoms with Crippen LogP contribution in [0.5, 0.6) is 5.75 Å². The molecule has 0 bridgehead atoms. The van der Waals surface area contributed by atoms with Crippen LogP contribution in [0.2, 0.25) is 0 Å². The van der Waals surface area contributed by atoms with Crippen molar-refractivity contribution in [1.29, 1.82) is 0 Å². The van der Waals surface area contributed by atoms with Gasteiger partial charge in [0.05, 0.1) is 16.4 Å². The van der Waals surface area contributed by atoms with Gasteiger partial charge in [0.2, 0.25) is 0 Å². The molecule has 0 fully saturated rings. The average molecular weight is 502 g/mol. The predicted octanol–water partition coefficient (Wildman–Crippen LogP) is 4.46. The number of benzene rings is 2. The zero-order chi connectivity index (χ0) is 16.6. The van der Waals surface area contributed by atoms with Crippen molar-refractivity contribution in [3.05, 3.63) is 54.9 Å². The SMILES string of the molecule is O=C1Nc2ccc(Br)cc2/C1=N/N=C/c1cc(Br)cc(Br)c1O. The Kier molecular flexibility index (Phi) is 4.65. The van der Waals surface area contributed by atoms with Gasteiger partial charge in [-0.2, -0.15) is 5.10 Å². The maximum absolute atomic E-state index is 12.0. The molecule has 1 amide bonds. The molecule has 1 heterocycles. The summed E-state index contributed by atoms with van der Waals surface area (Å²) < 4.78 is 2.16. The van der Waals surface area contributed by atoms with Crippen molar-refractivity contribution in [2.75, 3.05) is 5.32 Å². The lowest BCUT2D eigenvalue weighted by Gasteiger charge is -2.01. The first-order chi connectivity index (χ1) is 11.0. The van der Waals surface area contributed by atoms with Crippen LogP contribution in [0, 0.1) is 0 Å². The number of phenols is 1. The predicted molar refractivity (Wildman–Crippen MR) is 100 cm³/mol. The number of nitrogens with zero attached hydrogens (tertiary/aromatic N) is 2. The summed E-state index contributed by atoms with van der Waals surface area (Å²) in [5.74, 6) is -0.258. The standard InChI is InChI=1S/C15H8Br3N3O2/c16-8-1-2-12-10(4-8)13(15(23)20-12)21-19-6-7-3-9(17)5-11(18)14(7)22/h1-6,22H,(H,20,21,23)/b19-6+. The molecule has 0 unspecified atom stereocenters. The number of carbonyl (C=O) groups excluding carboxylic acids is 1. The van der Waals surface area contributed by atoms with Crippen molar-refractivity contribution < 1.29 is 9.90 Å². The third-order valence-corrected chi connectivity index (χ3v) is 4.67. The first-order valence-electron chi connectivity index (χ1n) is 6.36. The molecule has 2 aromatic carbocycles. The summed E-state index contributed by atoms with van der Waals surface area (Å²) in [6, 6.07) is 8.84. The smallest absolute Gasteiger partial charge is 0.276 e. The highest BCUT2D eigenvalue weighted by molar-refractivity contribution is 9.11. The Bertz CT molecular complexity index is 879. The molecule has 0 radical (unpaired) electrons. The Morgan fingerprint density at radius 1 is 1.09 bits per heavy atom. The quantitative estimate of drug-likeness (QED) is 0.471.